The third-order valence-electron chi connectivity index (χ3n) is 3.24. The van der Waals surface area contributed by atoms with Gasteiger partial charge in [-0.1, -0.05) is 26.0 Å². The lowest BCUT2D eigenvalue weighted by molar-refractivity contribution is -0.122. The smallest absolute Gasteiger partial charge is 0.245 e. The molecule has 6 heteroatoms. The molecule has 0 spiro atoms. The Balaban J connectivity index is 2.20. The molecule has 0 saturated heterocycles. The van der Waals surface area contributed by atoms with Gasteiger partial charge in [0.15, 0.2) is 11.7 Å². The standard InChI is InChI=1S/C17H18N4O2/c1-12(2)11-19-17(23)15(10-18)16(22)13-5-3-6-14(9-13)21-8-4-7-20-21/h3-9,12,15H,11H2,1-2H3,(H,19,23)/t15-/m0/s1. The number of aromatic nitrogens is 2. The Kier molecular flexibility index (Phi) is 5.26. The number of Topliss-reactive ketones (excluding diaryl/α,β-unsaturated/α-hetero) is 1. The minimum absolute atomic E-state index is 0.247. The van der Waals surface area contributed by atoms with Gasteiger partial charge in [-0.2, -0.15) is 10.4 Å². The van der Waals surface area contributed by atoms with Crippen LogP contribution in [-0.4, -0.2) is 28.0 Å². The van der Waals surface area contributed by atoms with Gasteiger partial charge in [-0.3, -0.25) is 9.59 Å². The summed E-state index contributed by atoms with van der Waals surface area (Å²) in [4.78, 5) is 24.5. The van der Waals surface area contributed by atoms with Gasteiger partial charge in [0.1, 0.15) is 0 Å². The molecule has 0 aliphatic heterocycles. The SMILES string of the molecule is CC(C)CNC(=O)[C@@H](C#N)C(=O)c1cccc(-n2cccn2)c1. The third-order valence-corrected chi connectivity index (χ3v) is 3.24. The molecule has 1 heterocycles. The lowest BCUT2D eigenvalue weighted by atomic mass is 9.97. The van der Waals surface area contributed by atoms with Crippen LogP contribution in [0.5, 0.6) is 0 Å². The predicted octanol–water partition coefficient (Wildman–Crippen LogP) is 1.97. The van der Waals surface area contributed by atoms with E-state index in [1.54, 1.807) is 53.5 Å². The Morgan fingerprint density at radius 2 is 2.13 bits per heavy atom. The zero-order valence-corrected chi connectivity index (χ0v) is 13.1. The fraction of sp³-hybridized carbons (Fsp3) is 0.294. The molecule has 1 aromatic carbocycles. The molecule has 0 aliphatic rings. The summed E-state index contributed by atoms with van der Waals surface area (Å²) < 4.78 is 1.61. The minimum atomic E-state index is -1.35. The van der Waals surface area contributed by atoms with Gasteiger partial charge >= 0.3 is 0 Å². The van der Waals surface area contributed by atoms with Crippen LogP contribution in [0.25, 0.3) is 5.69 Å². The topological polar surface area (TPSA) is 87.8 Å². The van der Waals surface area contributed by atoms with E-state index >= 15 is 0 Å². The van der Waals surface area contributed by atoms with Crippen molar-refractivity contribution in [3.8, 4) is 11.8 Å². The minimum Gasteiger partial charge on any atom is -0.354 e. The first-order valence-corrected chi connectivity index (χ1v) is 7.34. The molecule has 0 fully saturated rings. The van der Waals surface area contributed by atoms with Crippen molar-refractivity contribution in [1.82, 2.24) is 15.1 Å². The van der Waals surface area contributed by atoms with Gasteiger partial charge in [0.25, 0.3) is 0 Å². The summed E-state index contributed by atoms with van der Waals surface area (Å²) in [6.45, 7) is 4.31. The molecule has 0 aliphatic carbocycles. The Bertz CT molecular complexity index is 729. The number of carbonyl (C=O) groups excluding carboxylic acids is 2. The van der Waals surface area contributed by atoms with Gasteiger partial charge in [-0.15, -0.1) is 0 Å². The molecule has 118 valence electrons. The quantitative estimate of drug-likeness (QED) is 0.652. The number of nitrogens with one attached hydrogen (secondary N) is 1. The molecule has 0 bridgehead atoms. The molecule has 1 amide bonds. The van der Waals surface area contributed by atoms with Crippen LogP contribution in [-0.2, 0) is 4.79 Å². The van der Waals surface area contributed by atoms with E-state index in [1.165, 1.54) is 0 Å². The van der Waals surface area contributed by atoms with E-state index < -0.39 is 17.6 Å². The van der Waals surface area contributed by atoms with Crippen LogP contribution in [0.3, 0.4) is 0 Å². The molecule has 1 aromatic heterocycles. The molecule has 1 atom stereocenters. The van der Waals surface area contributed by atoms with E-state index in [4.69, 9.17) is 0 Å². The summed E-state index contributed by atoms with van der Waals surface area (Å²) in [6, 6.07) is 10.3. The first-order chi connectivity index (χ1) is 11.0. The van der Waals surface area contributed by atoms with E-state index in [1.807, 2.05) is 13.8 Å². The molecule has 1 N–H and O–H groups in total. The maximum Gasteiger partial charge on any atom is 0.245 e. The summed E-state index contributed by atoms with van der Waals surface area (Å²) in [5.74, 6) is -2.17. The molecule has 2 aromatic rings. The van der Waals surface area contributed by atoms with E-state index in [0.29, 0.717) is 17.8 Å². The number of hydrogen-bond acceptors (Lipinski definition) is 4. The van der Waals surface area contributed by atoms with Crippen molar-refractivity contribution < 1.29 is 9.59 Å². The lowest BCUT2D eigenvalue weighted by Gasteiger charge is -2.12. The summed E-state index contributed by atoms with van der Waals surface area (Å²) in [6.07, 6.45) is 3.38. The molecular formula is C17H18N4O2. The number of nitriles is 1. The Hall–Kier alpha value is -2.94. The van der Waals surface area contributed by atoms with Crippen molar-refractivity contribution in [2.75, 3.05) is 6.54 Å². The van der Waals surface area contributed by atoms with Crippen LogP contribution >= 0.6 is 0 Å². The average Bonchev–Trinajstić information content (AvgIpc) is 3.08. The molecule has 0 saturated carbocycles. The van der Waals surface area contributed by atoms with Crippen LogP contribution in [0.1, 0.15) is 24.2 Å². The maximum atomic E-state index is 12.5. The molecule has 2 rings (SSSR count). The van der Waals surface area contributed by atoms with Crippen LogP contribution in [0.15, 0.2) is 42.7 Å². The number of carbonyl (C=O) groups is 2. The molecule has 0 unspecified atom stereocenters. The van der Waals surface area contributed by atoms with Crippen LogP contribution in [0.2, 0.25) is 0 Å². The van der Waals surface area contributed by atoms with Crippen molar-refractivity contribution in [2.45, 2.75) is 13.8 Å². The third kappa shape index (κ3) is 4.04. The van der Waals surface area contributed by atoms with Crippen molar-refractivity contribution in [3.05, 3.63) is 48.3 Å². The van der Waals surface area contributed by atoms with Crippen molar-refractivity contribution in [2.24, 2.45) is 11.8 Å². The number of benzene rings is 1. The Morgan fingerprint density at radius 3 is 2.74 bits per heavy atom. The van der Waals surface area contributed by atoms with Crippen LogP contribution in [0, 0.1) is 23.2 Å². The van der Waals surface area contributed by atoms with E-state index in [9.17, 15) is 14.9 Å². The van der Waals surface area contributed by atoms with Crippen LogP contribution < -0.4 is 5.32 Å². The van der Waals surface area contributed by atoms with Gasteiger partial charge in [0.2, 0.25) is 5.91 Å². The van der Waals surface area contributed by atoms with Gasteiger partial charge in [-0.05, 0) is 24.1 Å². The highest BCUT2D eigenvalue weighted by atomic mass is 16.2. The van der Waals surface area contributed by atoms with E-state index in [0.717, 1.165) is 0 Å². The second-order valence-electron chi connectivity index (χ2n) is 5.57. The number of ketones is 1. The Labute approximate surface area is 134 Å². The zero-order valence-electron chi connectivity index (χ0n) is 13.1. The summed E-state index contributed by atoms with van der Waals surface area (Å²) in [5.41, 5.74) is 1.00. The average molecular weight is 310 g/mol. The number of nitrogens with zero attached hydrogens (tertiary/aromatic N) is 3. The Morgan fingerprint density at radius 1 is 1.35 bits per heavy atom. The molecule has 23 heavy (non-hydrogen) atoms. The van der Waals surface area contributed by atoms with Crippen molar-refractivity contribution in [1.29, 1.82) is 5.26 Å². The van der Waals surface area contributed by atoms with Gasteiger partial charge in [0, 0.05) is 24.5 Å². The fourth-order valence-corrected chi connectivity index (χ4v) is 2.03. The second-order valence-corrected chi connectivity index (χ2v) is 5.57. The van der Waals surface area contributed by atoms with Gasteiger partial charge in [0.05, 0.1) is 11.8 Å². The number of rotatable bonds is 6. The summed E-state index contributed by atoms with van der Waals surface area (Å²) in [5, 5.41) is 15.9. The molecular weight excluding hydrogens is 292 g/mol. The highest BCUT2D eigenvalue weighted by molar-refractivity contribution is 6.12. The molecule has 6 nitrogen and oxygen atoms in total. The summed E-state index contributed by atoms with van der Waals surface area (Å²) in [7, 11) is 0. The number of amides is 1. The fourth-order valence-electron chi connectivity index (χ4n) is 2.03. The number of hydrogen-bond donors (Lipinski definition) is 1. The predicted molar refractivity (Wildman–Crippen MR) is 84.8 cm³/mol. The molecule has 0 radical (unpaired) electrons. The van der Waals surface area contributed by atoms with Gasteiger partial charge in [-0.25, -0.2) is 4.68 Å². The highest BCUT2D eigenvalue weighted by Crippen LogP contribution is 2.14. The normalized spacial score (nSPS) is 11.7. The largest absolute Gasteiger partial charge is 0.354 e. The van der Waals surface area contributed by atoms with Gasteiger partial charge < -0.3 is 5.32 Å². The van der Waals surface area contributed by atoms with E-state index in [2.05, 4.69) is 10.4 Å². The first-order valence-electron chi connectivity index (χ1n) is 7.34. The highest BCUT2D eigenvalue weighted by Gasteiger charge is 2.27. The maximum absolute atomic E-state index is 12.5. The van der Waals surface area contributed by atoms with Crippen LogP contribution in [0.4, 0.5) is 0 Å². The van der Waals surface area contributed by atoms with Crippen molar-refractivity contribution >= 4 is 11.7 Å². The monoisotopic (exact) mass is 310 g/mol. The summed E-state index contributed by atoms with van der Waals surface area (Å²) >= 11 is 0. The first kappa shape index (κ1) is 16.4. The van der Waals surface area contributed by atoms with E-state index in [-0.39, 0.29) is 5.92 Å². The zero-order chi connectivity index (χ0) is 16.8. The lowest BCUT2D eigenvalue weighted by Crippen LogP contribution is -2.36. The van der Waals surface area contributed by atoms with Crippen molar-refractivity contribution in [3.63, 3.8) is 0 Å². The second kappa shape index (κ2) is 7.36.